The summed E-state index contributed by atoms with van der Waals surface area (Å²) < 4.78 is 32.6. The number of hydrogen-bond acceptors (Lipinski definition) is 4. The van der Waals surface area contributed by atoms with E-state index in [9.17, 15) is 13.2 Å². The first-order valence-corrected chi connectivity index (χ1v) is 12.0. The van der Waals surface area contributed by atoms with Crippen LogP contribution in [-0.2, 0) is 14.8 Å². The van der Waals surface area contributed by atoms with Crippen LogP contribution in [0.1, 0.15) is 17.0 Å². The van der Waals surface area contributed by atoms with E-state index in [0.29, 0.717) is 18.8 Å². The van der Waals surface area contributed by atoms with Crippen LogP contribution in [0.5, 0.6) is 5.75 Å². The Morgan fingerprint density at radius 2 is 1.28 bits per heavy atom. The van der Waals surface area contributed by atoms with Crippen molar-refractivity contribution in [1.82, 2.24) is 9.21 Å². The quantitative estimate of drug-likeness (QED) is 0.578. The molecule has 0 saturated carbocycles. The summed E-state index contributed by atoms with van der Waals surface area (Å²) in [6, 6.07) is 25.8. The minimum atomic E-state index is -3.62. The fraction of sp³-hybridized carbons (Fsp3) is 0.240. The Balaban J connectivity index is 1.50. The first-order valence-electron chi connectivity index (χ1n) is 10.5. The largest absolute Gasteiger partial charge is 0.497 e. The van der Waals surface area contributed by atoms with Crippen LogP contribution in [0.4, 0.5) is 0 Å². The van der Waals surface area contributed by atoms with E-state index in [0.717, 1.165) is 11.1 Å². The minimum Gasteiger partial charge on any atom is -0.497 e. The lowest BCUT2D eigenvalue weighted by Gasteiger charge is -2.36. The van der Waals surface area contributed by atoms with E-state index in [1.807, 2.05) is 60.7 Å². The Labute approximate surface area is 189 Å². The molecule has 166 valence electrons. The van der Waals surface area contributed by atoms with Crippen molar-refractivity contribution in [2.45, 2.75) is 10.8 Å². The van der Waals surface area contributed by atoms with Crippen LogP contribution in [0.2, 0.25) is 0 Å². The molecule has 1 fully saturated rings. The number of rotatable bonds is 6. The monoisotopic (exact) mass is 450 g/mol. The fourth-order valence-electron chi connectivity index (χ4n) is 4.00. The summed E-state index contributed by atoms with van der Waals surface area (Å²) in [4.78, 5) is 15.5. The van der Waals surface area contributed by atoms with E-state index in [1.165, 1.54) is 11.4 Å². The van der Waals surface area contributed by atoms with Gasteiger partial charge in [0, 0.05) is 26.2 Å². The molecule has 1 saturated heterocycles. The predicted molar refractivity (Wildman–Crippen MR) is 123 cm³/mol. The third-order valence-electron chi connectivity index (χ3n) is 5.76. The van der Waals surface area contributed by atoms with E-state index in [4.69, 9.17) is 4.74 Å². The minimum absolute atomic E-state index is 0.0103. The van der Waals surface area contributed by atoms with Crippen molar-refractivity contribution in [2.24, 2.45) is 0 Å². The fourth-order valence-corrected chi connectivity index (χ4v) is 5.42. The van der Waals surface area contributed by atoms with E-state index < -0.39 is 15.9 Å². The van der Waals surface area contributed by atoms with Crippen LogP contribution >= 0.6 is 0 Å². The highest BCUT2D eigenvalue weighted by Gasteiger charge is 2.33. The highest BCUT2D eigenvalue weighted by atomic mass is 32.2. The number of amides is 1. The first-order chi connectivity index (χ1) is 15.5. The van der Waals surface area contributed by atoms with Crippen molar-refractivity contribution < 1.29 is 17.9 Å². The molecule has 0 radical (unpaired) electrons. The number of carbonyl (C=O) groups excluding carboxylic acids is 1. The molecule has 1 aliphatic rings. The van der Waals surface area contributed by atoms with Gasteiger partial charge in [0.15, 0.2) is 0 Å². The van der Waals surface area contributed by atoms with Crippen LogP contribution in [0.15, 0.2) is 89.8 Å². The summed E-state index contributed by atoms with van der Waals surface area (Å²) in [6.07, 6.45) is 0. The molecular formula is C25H26N2O4S. The van der Waals surface area contributed by atoms with Crippen molar-refractivity contribution in [3.63, 3.8) is 0 Å². The highest BCUT2D eigenvalue weighted by Crippen LogP contribution is 2.28. The number of piperazine rings is 1. The maximum Gasteiger partial charge on any atom is 0.243 e. The molecule has 1 heterocycles. The molecule has 1 aliphatic heterocycles. The van der Waals surface area contributed by atoms with Crippen molar-refractivity contribution >= 4 is 15.9 Å². The molecule has 7 heteroatoms. The Hall–Kier alpha value is -3.16. The average molecular weight is 451 g/mol. The average Bonchev–Trinajstić information content (AvgIpc) is 2.85. The lowest BCUT2D eigenvalue weighted by atomic mass is 9.90. The third-order valence-corrected chi connectivity index (χ3v) is 7.67. The predicted octanol–water partition coefficient (Wildman–Crippen LogP) is 3.36. The van der Waals surface area contributed by atoms with Gasteiger partial charge < -0.3 is 9.64 Å². The van der Waals surface area contributed by atoms with Gasteiger partial charge in [-0.05, 0) is 35.4 Å². The molecule has 0 spiro atoms. The van der Waals surface area contributed by atoms with E-state index in [1.54, 1.807) is 29.2 Å². The molecule has 0 aliphatic carbocycles. The van der Waals surface area contributed by atoms with Gasteiger partial charge in [0.1, 0.15) is 5.75 Å². The maximum atomic E-state index is 13.5. The van der Waals surface area contributed by atoms with E-state index in [2.05, 4.69) is 0 Å². The second kappa shape index (κ2) is 9.54. The Kier molecular flexibility index (Phi) is 6.58. The number of nitrogens with zero attached hydrogens (tertiary/aromatic N) is 2. The molecule has 0 aromatic heterocycles. The SMILES string of the molecule is COc1ccc(S(=O)(=O)N2CCN(C(=O)C(c3ccccc3)c3ccccc3)CC2)cc1. The van der Waals surface area contributed by atoms with Crippen LogP contribution in [0.3, 0.4) is 0 Å². The molecule has 1 amide bonds. The van der Waals surface area contributed by atoms with Crippen LogP contribution in [-0.4, -0.2) is 56.8 Å². The standard InChI is InChI=1S/C25H26N2O4S/c1-31-22-12-14-23(15-13-22)32(29,30)27-18-16-26(17-19-27)25(28)24(20-8-4-2-5-9-20)21-10-6-3-7-11-21/h2-15,24H,16-19H2,1H3. The van der Waals surface area contributed by atoms with Crippen molar-refractivity contribution in [3.05, 3.63) is 96.1 Å². The van der Waals surface area contributed by atoms with Gasteiger partial charge >= 0.3 is 0 Å². The number of carbonyl (C=O) groups is 1. The molecule has 3 aromatic carbocycles. The topological polar surface area (TPSA) is 66.9 Å². The summed E-state index contributed by atoms with van der Waals surface area (Å²) in [5.41, 5.74) is 1.86. The number of sulfonamides is 1. The summed E-state index contributed by atoms with van der Waals surface area (Å²) in [5.74, 6) is 0.179. The number of benzene rings is 3. The van der Waals surface area contributed by atoms with Gasteiger partial charge in [-0.15, -0.1) is 0 Å². The smallest absolute Gasteiger partial charge is 0.243 e. The van der Waals surface area contributed by atoms with Crippen LogP contribution in [0, 0.1) is 0 Å². The maximum absolute atomic E-state index is 13.5. The first kappa shape index (κ1) is 22.0. The Bertz CT molecular complexity index is 1100. The second-order valence-corrected chi connectivity index (χ2v) is 9.60. The Morgan fingerprint density at radius 3 is 1.75 bits per heavy atom. The molecule has 0 N–H and O–H groups in total. The number of ether oxygens (including phenoxy) is 1. The lowest BCUT2D eigenvalue weighted by molar-refractivity contribution is -0.133. The summed E-state index contributed by atoms with van der Waals surface area (Å²) in [5, 5.41) is 0. The number of methoxy groups -OCH3 is 1. The van der Waals surface area contributed by atoms with Gasteiger partial charge in [0.25, 0.3) is 0 Å². The second-order valence-electron chi connectivity index (χ2n) is 7.66. The van der Waals surface area contributed by atoms with Crippen molar-refractivity contribution in [2.75, 3.05) is 33.3 Å². The summed E-state index contributed by atoms with van der Waals surface area (Å²) >= 11 is 0. The molecule has 6 nitrogen and oxygen atoms in total. The van der Waals surface area contributed by atoms with Gasteiger partial charge in [-0.2, -0.15) is 4.31 Å². The normalized spacial score (nSPS) is 15.0. The molecule has 0 bridgehead atoms. The highest BCUT2D eigenvalue weighted by molar-refractivity contribution is 7.89. The van der Waals surface area contributed by atoms with E-state index >= 15 is 0 Å². The zero-order valence-electron chi connectivity index (χ0n) is 17.9. The van der Waals surface area contributed by atoms with E-state index in [-0.39, 0.29) is 23.9 Å². The van der Waals surface area contributed by atoms with Gasteiger partial charge in [0.05, 0.1) is 17.9 Å². The molecule has 32 heavy (non-hydrogen) atoms. The van der Waals surface area contributed by atoms with Crippen molar-refractivity contribution in [1.29, 1.82) is 0 Å². The zero-order chi connectivity index (χ0) is 22.6. The molecular weight excluding hydrogens is 424 g/mol. The number of hydrogen-bond donors (Lipinski definition) is 0. The Morgan fingerprint density at radius 1 is 0.781 bits per heavy atom. The summed E-state index contributed by atoms with van der Waals surface area (Å²) in [6.45, 7) is 1.22. The van der Waals surface area contributed by atoms with Crippen LogP contribution in [0.25, 0.3) is 0 Å². The van der Waals surface area contributed by atoms with Gasteiger partial charge in [-0.3, -0.25) is 4.79 Å². The summed E-state index contributed by atoms with van der Waals surface area (Å²) in [7, 11) is -2.08. The third kappa shape index (κ3) is 4.54. The molecule has 0 unspecified atom stereocenters. The molecule has 3 aromatic rings. The van der Waals surface area contributed by atoms with Crippen LogP contribution < -0.4 is 4.74 Å². The zero-order valence-corrected chi connectivity index (χ0v) is 18.7. The van der Waals surface area contributed by atoms with Gasteiger partial charge in [-0.1, -0.05) is 60.7 Å². The van der Waals surface area contributed by atoms with Crippen molar-refractivity contribution in [3.8, 4) is 5.75 Å². The van der Waals surface area contributed by atoms with Gasteiger partial charge in [-0.25, -0.2) is 8.42 Å². The lowest BCUT2D eigenvalue weighted by Crippen LogP contribution is -2.51. The molecule has 4 rings (SSSR count). The van der Waals surface area contributed by atoms with Gasteiger partial charge in [0.2, 0.25) is 15.9 Å². The molecule has 0 atom stereocenters.